The van der Waals surface area contributed by atoms with E-state index in [1.165, 1.54) is 18.0 Å². The number of fused-ring (bicyclic) bond motifs is 1. The molecule has 0 unspecified atom stereocenters. The Morgan fingerprint density at radius 3 is 2.54 bits per heavy atom. The zero-order chi connectivity index (χ0) is 19.2. The van der Waals surface area contributed by atoms with Gasteiger partial charge in [0.1, 0.15) is 24.6 Å². The molecular formula is C15H22N5O6. The number of imidazole rings is 1. The van der Waals surface area contributed by atoms with Crippen LogP contribution in [0, 0.1) is 0 Å². The number of hydrogen-bond donors (Lipinski definition) is 3. The molecule has 0 saturated carbocycles. The van der Waals surface area contributed by atoms with Crippen LogP contribution < -0.4 is 9.80 Å². The number of aliphatic hydroxyl groups excluding tert-OH is 3. The molecule has 1 aliphatic rings. The van der Waals surface area contributed by atoms with Gasteiger partial charge < -0.3 is 24.8 Å². The number of nitrogens with zero attached hydrogens (tertiary/aromatic N) is 5. The van der Waals surface area contributed by atoms with E-state index in [-0.39, 0.29) is 23.0 Å². The van der Waals surface area contributed by atoms with E-state index in [1.807, 2.05) is 0 Å². The minimum absolute atomic E-state index is 0.0823. The second-order valence-electron chi connectivity index (χ2n) is 7.03. The molecule has 2 aromatic rings. The Morgan fingerprint density at radius 1 is 1.31 bits per heavy atom. The summed E-state index contributed by atoms with van der Waals surface area (Å²) in [6.45, 7) is 4.60. The molecule has 0 amide bonds. The molecule has 1 aliphatic heterocycles. The number of ether oxygens (including phenoxy) is 2. The molecule has 2 aromatic heterocycles. The van der Waals surface area contributed by atoms with Crippen LogP contribution in [0.15, 0.2) is 6.33 Å². The number of aromatic nitrogens is 4. The van der Waals surface area contributed by atoms with Crippen LogP contribution in [0.5, 0.6) is 5.88 Å². The fourth-order valence-electron chi connectivity index (χ4n) is 2.80. The van der Waals surface area contributed by atoms with Gasteiger partial charge in [0.05, 0.1) is 19.3 Å². The average Bonchev–Trinajstić information content (AvgIpc) is 3.11. The second kappa shape index (κ2) is 6.59. The van der Waals surface area contributed by atoms with Crippen LogP contribution >= 0.6 is 0 Å². The molecule has 4 atom stereocenters. The fourth-order valence-corrected chi connectivity index (χ4v) is 2.80. The predicted octanol–water partition coefficient (Wildman–Crippen LogP) is -0.603. The average molecular weight is 368 g/mol. The van der Waals surface area contributed by atoms with Gasteiger partial charge in [-0.25, -0.2) is 9.97 Å². The van der Waals surface area contributed by atoms with Crippen LogP contribution in [0.25, 0.3) is 11.2 Å². The Labute approximate surface area is 149 Å². The molecule has 0 aliphatic carbocycles. The SMILES string of the molecule is COc1ncnc2c1nc(N([O])C(C)(C)C)n2[C@@H]1O[C@H](CO)[C@@H](O)[C@H]1O. The van der Waals surface area contributed by atoms with Gasteiger partial charge in [0.15, 0.2) is 17.4 Å². The van der Waals surface area contributed by atoms with Crippen molar-refractivity contribution in [3.05, 3.63) is 6.33 Å². The molecule has 143 valence electrons. The zero-order valence-electron chi connectivity index (χ0n) is 14.9. The van der Waals surface area contributed by atoms with Crippen LogP contribution in [0.4, 0.5) is 5.95 Å². The topological polar surface area (TPSA) is 146 Å². The van der Waals surface area contributed by atoms with Crippen LogP contribution in [0.1, 0.15) is 27.0 Å². The fraction of sp³-hybridized carbons (Fsp3) is 0.667. The molecule has 0 bridgehead atoms. The molecule has 26 heavy (non-hydrogen) atoms. The van der Waals surface area contributed by atoms with Crippen molar-refractivity contribution in [3.63, 3.8) is 0 Å². The Hall–Kier alpha value is -2.05. The van der Waals surface area contributed by atoms with Crippen LogP contribution in [0.2, 0.25) is 0 Å². The summed E-state index contributed by atoms with van der Waals surface area (Å²) in [4.78, 5) is 12.4. The smallest absolute Gasteiger partial charge is 0.245 e. The van der Waals surface area contributed by atoms with Crippen molar-refractivity contribution in [2.24, 2.45) is 0 Å². The lowest BCUT2D eigenvalue weighted by molar-refractivity contribution is -0.0525. The Balaban J connectivity index is 2.22. The lowest BCUT2D eigenvalue weighted by atomic mass is 10.1. The highest BCUT2D eigenvalue weighted by atomic mass is 16.6. The maximum absolute atomic E-state index is 12.8. The third-order valence-corrected chi connectivity index (χ3v) is 4.18. The quantitative estimate of drug-likeness (QED) is 0.602. The first-order valence-electron chi connectivity index (χ1n) is 8.07. The van der Waals surface area contributed by atoms with E-state index in [4.69, 9.17) is 9.47 Å². The third kappa shape index (κ3) is 2.87. The maximum Gasteiger partial charge on any atom is 0.245 e. The molecule has 0 spiro atoms. The highest BCUT2D eigenvalue weighted by Crippen LogP contribution is 2.37. The van der Waals surface area contributed by atoms with Crippen molar-refractivity contribution in [2.75, 3.05) is 18.8 Å². The molecular weight excluding hydrogens is 346 g/mol. The van der Waals surface area contributed by atoms with Crippen LogP contribution in [-0.4, -0.2) is 72.4 Å². The minimum Gasteiger partial charge on any atom is -0.479 e. The zero-order valence-corrected chi connectivity index (χ0v) is 14.9. The van der Waals surface area contributed by atoms with E-state index in [9.17, 15) is 20.5 Å². The molecule has 1 fully saturated rings. The van der Waals surface area contributed by atoms with Gasteiger partial charge in [-0.05, 0) is 20.8 Å². The summed E-state index contributed by atoms with van der Waals surface area (Å²) >= 11 is 0. The number of anilines is 1. The van der Waals surface area contributed by atoms with Gasteiger partial charge >= 0.3 is 0 Å². The van der Waals surface area contributed by atoms with Gasteiger partial charge in [-0.3, -0.25) is 4.57 Å². The van der Waals surface area contributed by atoms with Crippen molar-refractivity contribution in [2.45, 2.75) is 50.8 Å². The van der Waals surface area contributed by atoms with Crippen LogP contribution in [-0.2, 0) is 9.94 Å². The number of hydroxylamine groups is 1. The third-order valence-electron chi connectivity index (χ3n) is 4.18. The molecule has 3 N–H and O–H groups in total. The minimum atomic E-state index is -1.39. The molecule has 0 aromatic carbocycles. The van der Waals surface area contributed by atoms with E-state index >= 15 is 0 Å². The summed E-state index contributed by atoms with van der Waals surface area (Å²) in [7, 11) is 1.41. The summed E-state index contributed by atoms with van der Waals surface area (Å²) in [5.74, 6) is 0.0743. The number of hydrogen-bond acceptors (Lipinski definition) is 9. The summed E-state index contributed by atoms with van der Waals surface area (Å²) in [6, 6.07) is 0. The Kier molecular flexibility index (Phi) is 4.75. The van der Waals surface area contributed by atoms with Gasteiger partial charge in [-0.2, -0.15) is 10.0 Å². The first-order chi connectivity index (χ1) is 12.2. The normalized spacial score (nSPS) is 26.5. The predicted molar refractivity (Wildman–Crippen MR) is 87.8 cm³/mol. The van der Waals surface area contributed by atoms with Crippen molar-refractivity contribution < 1.29 is 30.0 Å². The standard InChI is InChI=1S/C15H22N5O6/c1-15(2,3)20(24)14-18-8-11(16-6-17-12(8)25-4)19(14)13-10(23)9(22)7(5-21)26-13/h6-7,9-10,13,21-23H,5H2,1-4H3/t7-,9-,10-,13-/m1/s1. The van der Waals surface area contributed by atoms with Crippen molar-refractivity contribution >= 4 is 17.1 Å². The number of rotatable bonds is 4. The Bertz CT molecular complexity index is 791. The maximum atomic E-state index is 12.8. The first-order valence-corrected chi connectivity index (χ1v) is 8.07. The summed E-state index contributed by atoms with van der Waals surface area (Å²) in [5, 5.41) is 43.3. The van der Waals surface area contributed by atoms with Gasteiger partial charge in [0.2, 0.25) is 11.8 Å². The summed E-state index contributed by atoms with van der Waals surface area (Å²) in [6.07, 6.45) is -3.65. The first kappa shape index (κ1) is 18.7. The highest BCUT2D eigenvalue weighted by Gasteiger charge is 2.46. The molecule has 1 radical (unpaired) electrons. The van der Waals surface area contributed by atoms with Gasteiger partial charge in [-0.15, -0.1) is 0 Å². The van der Waals surface area contributed by atoms with E-state index in [0.717, 1.165) is 0 Å². The monoisotopic (exact) mass is 368 g/mol. The van der Waals surface area contributed by atoms with E-state index in [0.29, 0.717) is 5.06 Å². The van der Waals surface area contributed by atoms with E-state index in [2.05, 4.69) is 15.0 Å². The second-order valence-corrected chi connectivity index (χ2v) is 7.03. The lowest BCUT2D eigenvalue weighted by Crippen LogP contribution is -2.40. The van der Waals surface area contributed by atoms with Crippen molar-refractivity contribution in [3.8, 4) is 5.88 Å². The highest BCUT2D eigenvalue weighted by molar-refractivity contribution is 5.79. The van der Waals surface area contributed by atoms with Crippen molar-refractivity contribution in [1.82, 2.24) is 19.5 Å². The molecule has 11 heteroatoms. The number of methoxy groups -OCH3 is 1. The summed E-state index contributed by atoms with van der Waals surface area (Å²) < 4.78 is 12.0. The Morgan fingerprint density at radius 2 is 2.00 bits per heavy atom. The van der Waals surface area contributed by atoms with E-state index in [1.54, 1.807) is 20.8 Å². The number of aliphatic hydroxyl groups is 3. The van der Waals surface area contributed by atoms with Gasteiger partial charge in [-0.1, -0.05) is 5.21 Å². The largest absolute Gasteiger partial charge is 0.479 e. The lowest BCUT2D eigenvalue weighted by Gasteiger charge is -2.29. The molecule has 11 nitrogen and oxygen atoms in total. The summed E-state index contributed by atoms with van der Waals surface area (Å²) in [5.41, 5.74) is -0.433. The molecule has 3 heterocycles. The molecule has 1 saturated heterocycles. The van der Waals surface area contributed by atoms with Gasteiger partial charge in [0.25, 0.3) is 0 Å². The van der Waals surface area contributed by atoms with Crippen molar-refractivity contribution in [1.29, 1.82) is 0 Å². The van der Waals surface area contributed by atoms with Gasteiger partial charge in [0, 0.05) is 0 Å². The van der Waals surface area contributed by atoms with E-state index < -0.39 is 36.7 Å². The van der Waals surface area contributed by atoms with Crippen LogP contribution in [0.3, 0.4) is 0 Å². The molecule has 3 rings (SSSR count).